The zero-order valence-corrected chi connectivity index (χ0v) is 17.9. The smallest absolute Gasteiger partial charge is 0.253 e. The Morgan fingerprint density at radius 2 is 1.90 bits per heavy atom. The van der Waals surface area contributed by atoms with Crippen molar-refractivity contribution in [3.05, 3.63) is 76.8 Å². The third-order valence-electron chi connectivity index (χ3n) is 5.45. The summed E-state index contributed by atoms with van der Waals surface area (Å²) >= 11 is 7.56. The van der Waals surface area contributed by atoms with E-state index >= 15 is 0 Å². The Hall–Kier alpha value is -2.12. The van der Waals surface area contributed by atoms with E-state index in [1.54, 1.807) is 21.8 Å². The fourth-order valence-electron chi connectivity index (χ4n) is 4.19. The molecule has 2 aromatic carbocycles. The first-order chi connectivity index (χ1) is 14.1. The average molecular weight is 443 g/mol. The molecule has 5 rings (SSSR count). The zero-order chi connectivity index (χ0) is 20.0. The molecule has 1 unspecified atom stereocenters. The number of rotatable bonds is 4. The van der Waals surface area contributed by atoms with Crippen molar-refractivity contribution in [3.63, 3.8) is 0 Å². The molecule has 0 aliphatic carbocycles. The predicted octanol–water partition coefficient (Wildman–Crippen LogP) is 6.08. The lowest BCUT2D eigenvalue weighted by atomic mass is 9.98. The molecule has 148 valence electrons. The highest BCUT2D eigenvalue weighted by atomic mass is 35.5. The van der Waals surface area contributed by atoms with Crippen LogP contribution in [0.4, 0.5) is 0 Å². The van der Waals surface area contributed by atoms with Gasteiger partial charge in [0.2, 0.25) is 0 Å². The zero-order valence-electron chi connectivity index (χ0n) is 15.5. The van der Waals surface area contributed by atoms with Gasteiger partial charge in [0.1, 0.15) is 4.21 Å². The topological polar surface area (TPSA) is 53.2 Å². The maximum absolute atomic E-state index is 13.3. The number of halogens is 1. The number of hydrogen-bond acceptors (Lipinski definition) is 3. The predicted molar refractivity (Wildman–Crippen MR) is 119 cm³/mol. The number of thiophene rings is 1. The largest absolute Gasteiger partial charge is 0.357 e. The molecule has 1 N–H and O–H groups in total. The lowest BCUT2D eigenvalue weighted by molar-refractivity contribution is 0.393. The number of nitrogens with zero attached hydrogens (tertiary/aromatic N) is 1. The molecule has 4 nitrogen and oxygen atoms in total. The van der Waals surface area contributed by atoms with Crippen molar-refractivity contribution in [3.8, 4) is 11.1 Å². The van der Waals surface area contributed by atoms with Crippen LogP contribution in [0, 0.1) is 0 Å². The van der Waals surface area contributed by atoms with E-state index in [1.807, 2.05) is 36.4 Å². The number of aromatic nitrogens is 1. The van der Waals surface area contributed by atoms with Crippen LogP contribution in [0.5, 0.6) is 0 Å². The van der Waals surface area contributed by atoms with Gasteiger partial charge < -0.3 is 4.98 Å². The van der Waals surface area contributed by atoms with E-state index in [2.05, 4.69) is 17.1 Å². The molecular formula is C22H19ClN2O2S2. The van der Waals surface area contributed by atoms with Crippen LogP contribution in [-0.4, -0.2) is 24.3 Å². The van der Waals surface area contributed by atoms with Gasteiger partial charge in [-0.1, -0.05) is 48.0 Å². The number of aromatic amines is 1. The van der Waals surface area contributed by atoms with Crippen molar-refractivity contribution in [2.45, 2.75) is 23.1 Å². The van der Waals surface area contributed by atoms with Crippen molar-refractivity contribution in [2.24, 2.45) is 0 Å². The molecule has 1 fully saturated rings. The molecule has 0 radical (unpaired) electrons. The first kappa shape index (κ1) is 18.9. The van der Waals surface area contributed by atoms with E-state index in [1.165, 1.54) is 11.3 Å². The van der Waals surface area contributed by atoms with Gasteiger partial charge in [0.15, 0.2) is 0 Å². The van der Waals surface area contributed by atoms with E-state index in [0.29, 0.717) is 15.8 Å². The molecule has 1 saturated heterocycles. The second-order valence-electron chi connectivity index (χ2n) is 7.18. The number of nitrogens with one attached hydrogen (secondary N) is 1. The van der Waals surface area contributed by atoms with Gasteiger partial charge in [0, 0.05) is 33.7 Å². The molecule has 29 heavy (non-hydrogen) atoms. The van der Waals surface area contributed by atoms with E-state index in [4.69, 9.17) is 11.6 Å². The molecule has 7 heteroatoms. The summed E-state index contributed by atoms with van der Waals surface area (Å²) in [7, 11) is -3.53. The van der Waals surface area contributed by atoms with Gasteiger partial charge in [-0.05, 0) is 48.1 Å². The molecule has 1 atom stereocenters. The first-order valence-corrected chi connectivity index (χ1v) is 12.2. The van der Waals surface area contributed by atoms with E-state index in [0.717, 1.165) is 40.6 Å². The van der Waals surface area contributed by atoms with Crippen molar-refractivity contribution in [2.75, 3.05) is 6.54 Å². The lowest BCUT2D eigenvalue weighted by Crippen LogP contribution is -2.30. The summed E-state index contributed by atoms with van der Waals surface area (Å²) in [6.45, 7) is 0.523. The van der Waals surface area contributed by atoms with Gasteiger partial charge in [0.25, 0.3) is 10.0 Å². The molecule has 4 aromatic rings. The normalized spacial score (nSPS) is 17.9. The Morgan fingerprint density at radius 1 is 1.07 bits per heavy atom. The number of sulfonamides is 1. The fraction of sp³-hybridized carbons (Fsp3) is 0.182. The van der Waals surface area contributed by atoms with Gasteiger partial charge >= 0.3 is 0 Å². The maximum Gasteiger partial charge on any atom is 0.253 e. The summed E-state index contributed by atoms with van der Waals surface area (Å²) in [6.07, 6.45) is 1.62. The van der Waals surface area contributed by atoms with E-state index in [9.17, 15) is 8.42 Å². The van der Waals surface area contributed by atoms with Gasteiger partial charge in [-0.15, -0.1) is 11.3 Å². The standard InChI is InChI=1S/C22H19ClN2O2S2/c23-16-10-11-18-17(14-16)21(15-6-2-1-3-7-15)22(24-18)19-8-4-12-25(19)29(26,27)20-9-5-13-28-20/h1-3,5-7,9-11,13-14,19,24H,4,8,12H2. The highest BCUT2D eigenvalue weighted by molar-refractivity contribution is 7.91. The average Bonchev–Trinajstić information content (AvgIpc) is 3.47. The minimum Gasteiger partial charge on any atom is -0.357 e. The van der Waals surface area contributed by atoms with Crippen LogP contribution in [0.1, 0.15) is 24.6 Å². The van der Waals surface area contributed by atoms with E-state index in [-0.39, 0.29) is 6.04 Å². The van der Waals surface area contributed by atoms with Crippen LogP contribution < -0.4 is 0 Å². The van der Waals surface area contributed by atoms with Gasteiger partial charge in [-0.3, -0.25) is 0 Å². The minimum absolute atomic E-state index is 0.233. The Labute approximate surface area is 178 Å². The Bertz CT molecular complexity index is 1270. The molecule has 0 saturated carbocycles. The van der Waals surface area contributed by atoms with Crippen LogP contribution in [0.25, 0.3) is 22.0 Å². The van der Waals surface area contributed by atoms with Gasteiger partial charge in [-0.2, -0.15) is 4.31 Å². The third kappa shape index (κ3) is 3.20. The Morgan fingerprint density at radius 3 is 2.66 bits per heavy atom. The molecule has 2 aromatic heterocycles. The molecule has 3 heterocycles. The number of hydrogen-bond donors (Lipinski definition) is 1. The second-order valence-corrected chi connectivity index (χ2v) is 10.7. The SMILES string of the molecule is O=S(=O)(c1cccs1)N1CCCC1c1[nH]c2ccc(Cl)cc2c1-c1ccccc1. The summed E-state index contributed by atoms with van der Waals surface area (Å²) in [6, 6.07) is 19.1. The van der Waals surface area contributed by atoms with E-state index < -0.39 is 10.0 Å². The quantitative estimate of drug-likeness (QED) is 0.416. The number of fused-ring (bicyclic) bond motifs is 1. The van der Waals surface area contributed by atoms with Crippen molar-refractivity contribution in [1.29, 1.82) is 0 Å². The molecule has 0 bridgehead atoms. The highest BCUT2D eigenvalue weighted by Crippen LogP contribution is 2.44. The van der Waals surface area contributed by atoms with Crippen LogP contribution in [0.2, 0.25) is 5.02 Å². The van der Waals surface area contributed by atoms with Crippen molar-refractivity contribution < 1.29 is 8.42 Å². The van der Waals surface area contributed by atoms with Crippen molar-refractivity contribution >= 4 is 43.9 Å². The minimum atomic E-state index is -3.53. The molecular weight excluding hydrogens is 424 g/mol. The molecule has 1 aliphatic rings. The van der Waals surface area contributed by atoms with Gasteiger partial charge in [0.05, 0.1) is 6.04 Å². The fourth-order valence-corrected chi connectivity index (χ4v) is 7.15. The van der Waals surface area contributed by atoms with Crippen molar-refractivity contribution in [1.82, 2.24) is 9.29 Å². The lowest BCUT2D eigenvalue weighted by Gasteiger charge is -2.24. The number of H-pyrrole nitrogens is 1. The van der Waals surface area contributed by atoms with Gasteiger partial charge in [-0.25, -0.2) is 8.42 Å². The van der Waals surface area contributed by atoms with Crippen LogP contribution in [-0.2, 0) is 10.0 Å². The van der Waals surface area contributed by atoms with Crippen LogP contribution >= 0.6 is 22.9 Å². The molecule has 0 amide bonds. The second kappa shape index (κ2) is 7.29. The van der Waals surface area contributed by atoms with Crippen LogP contribution in [0.3, 0.4) is 0 Å². The molecule has 0 spiro atoms. The van der Waals surface area contributed by atoms with Crippen LogP contribution in [0.15, 0.2) is 70.3 Å². The third-order valence-corrected chi connectivity index (χ3v) is 8.96. The molecule has 1 aliphatic heterocycles. The summed E-state index contributed by atoms with van der Waals surface area (Å²) < 4.78 is 28.6. The number of benzene rings is 2. The maximum atomic E-state index is 13.3. The first-order valence-electron chi connectivity index (χ1n) is 9.47. The summed E-state index contributed by atoms with van der Waals surface area (Å²) in [5.74, 6) is 0. The Kier molecular flexibility index (Phi) is 4.75. The summed E-state index contributed by atoms with van der Waals surface area (Å²) in [4.78, 5) is 3.52. The highest BCUT2D eigenvalue weighted by Gasteiger charge is 2.39. The summed E-state index contributed by atoms with van der Waals surface area (Å²) in [5, 5.41) is 3.48. The monoisotopic (exact) mass is 442 g/mol. The Balaban J connectivity index is 1.70. The summed E-state index contributed by atoms with van der Waals surface area (Å²) in [5.41, 5.74) is 3.98.